The Morgan fingerprint density at radius 1 is 1.28 bits per heavy atom. The SMILES string of the molecule is CCC1CC1NCc1cc(F)cc(C(F)(F)F)c1. The van der Waals surface area contributed by atoms with E-state index in [9.17, 15) is 17.6 Å². The molecule has 1 aliphatic carbocycles. The predicted octanol–water partition coefficient (Wildman–Crippen LogP) is 3.73. The lowest BCUT2D eigenvalue weighted by molar-refractivity contribution is -0.137. The van der Waals surface area contributed by atoms with E-state index in [0.717, 1.165) is 25.0 Å². The maximum atomic E-state index is 13.1. The van der Waals surface area contributed by atoms with E-state index in [1.807, 2.05) is 0 Å². The summed E-state index contributed by atoms with van der Waals surface area (Å²) in [5, 5.41) is 3.15. The zero-order valence-corrected chi connectivity index (χ0v) is 10.0. The van der Waals surface area contributed by atoms with Crippen molar-refractivity contribution < 1.29 is 17.6 Å². The lowest BCUT2D eigenvalue weighted by Gasteiger charge is -2.10. The lowest BCUT2D eigenvalue weighted by Crippen LogP contribution is -2.18. The fourth-order valence-corrected chi connectivity index (χ4v) is 2.11. The molecular formula is C13H15F4N. The van der Waals surface area contributed by atoms with E-state index in [1.54, 1.807) is 0 Å². The highest BCUT2D eigenvalue weighted by molar-refractivity contribution is 5.27. The Balaban J connectivity index is 2.02. The van der Waals surface area contributed by atoms with Gasteiger partial charge in [-0.15, -0.1) is 0 Å². The zero-order chi connectivity index (χ0) is 13.3. The van der Waals surface area contributed by atoms with Gasteiger partial charge in [0.15, 0.2) is 0 Å². The second kappa shape index (κ2) is 4.88. The molecule has 5 heteroatoms. The molecule has 1 aromatic carbocycles. The van der Waals surface area contributed by atoms with Gasteiger partial charge >= 0.3 is 6.18 Å². The van der Waals surface area contributed by atoms with Crippen molar-refractivity contribution >= 4 is 0 Å². The fourth-order valence-electron chi connectivity index (χ4n) is 2.11. The van der Waals surface area contributed by atoms with E-state index >= 15 is 0 Å². The summed E-state index contributed by atoms with van der Waals surface area (Å²) < 4.78 is 50.6. The molecule has 18 heavy (non-hydrogen) atoms. The monoisotopic (exact) mass is 261 g/mol. The molecule has 2 unspecified atom stereocenters. The first-order valence-corrected chi connectivity index (χ1v) is 6.00. The van der Waals surface area contributed by atoms with Crippen molar-refractivity contribution in [3.8, 4) is 0 Å². The molecule has 0 aliphatic heterocycles. The highest BCUT2D eigenvalue weighted by atomic mass is 19.4. The van der Waals surface area contributed by atoms with Gasteiger partial charge in [0.05, 0.1) is 5.56 Å². The number of hydrogen-bond donors (Lipinski definition) is 1. The lowest BCUT2D eigenvalue weighted by atomic mass is 10.1. The summed E-state index contributed by atoms with van der Waals surface area (Å²) in [5.41, 5.74) is -0.591. The van der Waals surface area contributed by atoms with Crippen LogP contribution in [0.4, 0.5) is 17.6 Å². The summed E-state index contributed by atoms with van der Waals surface area (Å²) in [4.78, 5) is 0. The van der Waals surface area contributed by atoms with Crippen LogP contribution in [0.15, 0.2) is 18.2 Å². The first-order valence-electron chi connectivity index (χ1n) is 6.00. The highest BCUT2D eigenvalue weighted by Crippen LogP contribution is 2.34. The number of halogens is 4. The molecule has 1 N–H and O–H groups in total. The van der Waals surface area contributed by atoms with Crippen LogP contribution in [0.5, 0.6) is 0 Å². The van der Waals surface area contributed by atoms with Gasteiger partial charge in [0.25, 0.3) is 0 Å². The van der Waals surface area contributed by atoms with Gasteiger partial charge in [-0.2, -0.15) is 13.2 Å². The van der Waals surface area contributed by atoms with Crippen LogP contribution >= 0.6 is 0 Å². The molecule has 2 rings (SSSR count). The molecule has 0 heterocycles. The number of rotatable bonds is 4. The minimum Gasteiger partial charge on any atom is -0.310 e. The second-order valence-corrected chi connectivity index (χ2v) is 4.74. The number of benzene rings is 1. The molecular weight excluding hydrogens is 246 g/mol. The van der Waals surface area contributed by atoms with Gasteiger partial charge in [-0.05, 0) is 36.1 Å². The minimum atomic E-state index is -4.50. The van der Waals surface area contributed by atoms with Crippen LogP contribution < -0.4 is 5.32 Å². The molecule has 1 aromatic rings. The third kappa shape index (κ3) is 3.22. The predicted molar refractivity (Wildman–Crippen MR) is 60.4 cm³/mol. The van der Waals surface area contributed by atoms with E-state index in [0.29, 0.717) is 23.6 Å². The molecule has 0 bridgehead atoms. The van der Waals surface area contributed by atoms with Crippen molar-refractivity contribution in [2.75, 3.05) is 0 Å². The minimum absolute atomic E-state index is 0.280. The molecule has 1 nitrogen and oxygen atoms in total. The molecule has 0 aromatic heterocycles. The maximum Gasteiger partial charge on any atom is 0.416 e. The van der Waals surface area contributed by atoms with Gasteiger partial charge in [-0.25, -0.2) is 4.39 Å². The van der Waals surface area contributed by atoms with E-state index < -0.39 is 17.6 Å². The van der Waals surface area contributed by atoms with Crippen molar-refractivity contribution in [2.24, 2.45) is 5.92 Å². The van der Waals surface area contributed by atoms with Crippen LogP contribution in [0.2, 0.25) is 0 Å². The third-order valence-electron chi connectivity index (χ3n) is 3.30. The van der Waals surface area contributed by atoms with E-state index in [2.05, 4.69) is 12.2 Å². The molecule has 1 fully saturated rings. The van der Waals surface area contributed by atoms with Crippen LogP contribution in [0.25, 0.3) is 0 Å². The topological polar surface area (TPSA) is 12.0 Å². The van der Waals surface area contributed by atoms with Crippen molar-refractivity contribution in [2.45, 2.75) is 38.5 Å². The smallest absolute Gasteiger partial charge is 0.310 e. The third-order valence-corrected chi connectivity index (χ3v) is 3.30. The maximum absolute atomic E-state index is 13.1. The zero-order valence-electron chi connectivity index (χ0n) is 10.0. The molecule has 1 aliphatic rings. The van der Waals surface area contributed by atoms with Crippen LogP contribution in [0, 0.1) is 11.7 Å². The standard InChI is InChI=1S/C13H15F4N/c1-2-9-5-12(9)18-7-8-3-10(13(15,16)17)6-11(14)4-8/h3-4,6,9,12,18H,2,5,7H2,1H3. The summed E-state index contributed by atoms with van der Waals surface area (Å²) in [6, 6.07) is 3.04. The Morgan fingerprint density at radius 3 is 2.56 bits per heavy atom. The normalized spacial score (nSPS) is 23.2. The Labute approximate surface area is 103 Å². The van der Waals surface area contributed by atoms with E-state index in [4.69, 9.17) is 0 Å². The fraction of sp³-hybridized carbons (Fsp3) is 0.538. The summed E-state index contributed by atoms with van der Waals surface area (Å²) in [6.45, 7) is 2.36. The molecule has 0 radical (unpaired) electrons. The van der Waals surface area contributed by atoms with Crippen molar-refractivity contribution in [3.63, 3.8) is 0 Å². The van der Waals surface area contributed by atoms with Gasteiger partial charge in [0.1, 0.15) is 5.82 Å². The Kier molecular flexibility index (Phi) is 3.61. The van der Waals surface area contributed by atoms with E-state index in [1.165, 1.54) is 0 Å². The van der Waals surface area contributed by atoms with E-state index in [-0.39, 0.29) is 6.54 Å². The first-order chi connectivity index (χ1) is 8.40. The Bertz CT molecular complexity index is 427. The van der Waals surface area contributed by atoms with Crippen molar-refractivity contribution in [3.05, 3.63) is 35.1 Å². The molecule has 0 amide bonds. The summed E-state index contributed by atoms with van der Waals surface area (Å²) in [7, 11) is 0. The van der Waals surface area contributed by atoms with Gasteiger partial charge in [0.2, 0.25) is 0 Å². The number of hydrogen-bond acceptors (Lipinski definition) is 1. The van der Waals surface area contributed by atoms with Crippen LogP contribution in [-0.4, -0.2) is 6.04 Å². The van der Waals surface area contributed by atoms with Gasteiger partial charge in [-0.3, -0.25) is 0 Å². The average molecular weight is 261 g/mol. The van der Waals surface area contributed by atoms with Gasteiger partial charge in [0, 0.05) is 12.6 Å². The largest absolute Gasteiger partial charge is 0.416 e. The van der Waals surface area contributed by atoms with Crippen LogP contribution in [-0.2, 0) is 12.7 Å². The van der Waals surface area contributed by atoms with Gasteiger partial charge in [-0.1, -0.05) is 13.3 Å². The Hall–Kier alpha value is -1.10. The summed E-state index contributed by atoms with van der Waals surface area (Å²) in [5.74, 6) is -0.231. The highest BCUT2D eigenvalue weighted by Gasteiger charge is 2.35. The number of alkyl halides is 3. The van der Waals surface area contributed by atoms with Crippen LogP contribution in [0.3, 0.4) is 0 Å². The molecule has 0 spiro atoms. The van der Waals surface area contributed by atoms with Crippen molar-refractivity contribution in [1.82, 2.24) is 5.32 Å². The Morgan fingerprint density at radius 2 is 2.00 bits per heavy atom. The summed E-state index contributed by atoms with van der Waals surface area (Å²) >= 11 is 0. The van der Waals surface area contributed by atoms with Crippen LogP contribution in [0.1, 0.15) is 30.9 Å². The van der Waals surface area contributed by atoms with Crippen molar-refractivity contribution in [1.29, 1.82) is 0 Å². The molecule has 0 saturated heterocycles. The molecule has 2 atom stereocenters. The summed E-state index contributed by atoms with van der Waals surface area (Å²) in [6.07, 6.45) is -2.38. The average Bonchev–Trinajstić information content (AvgIpc) is 3.03. The molecule has 100 valence electrons. The van der Waals surface area contributed by atoms with Gasteiger partial charge < -0.3 is 5.32 Å². The second-order valence-electron chi connectivity index (χ2n) is 4.74. The number of nitrogens with one attached hydrogen (secondary N) is 1. The quantitative estimate of drug-likeness (QED) is 0.814. The first kappa shape index (κ1) is 13.3. The molecule has 1 saturated carbocycles.